The summed E-state index contributed by atoms with van der Waals surface area (Å²) in [5.41, 5.74) is 2.43. The molecule has 1 aliphatic heterocycles. The van der Waals surface area contributed by atoms with Crippen LogP contribution in [0.15, 0.2) is 39.7 Å². The minimum absolute atomic E-state index is 0.286. The molecule has 1 atom stereocenters. The van der Waals surface area contributed by atoms with Crippen LogP contribution in [0.3, 0.4) is 0 Å². The predicted molar refractivity (Wildman–Crippen MR) is 113 cm³/mol. The number of hydrogen-bond donors (Lipinski definition) is 2. The number of nitrogens with zero attached hydrogens (tertiary/aromatic N) is 2. The fourth-order valence-electron chi connectivity index (χ4n) is 3.81. The Hall–Kier alpha value is -2.47. The molecule has 1 saturated heterocycles. The molecule has 1 fully saturated rings. The van der Waals surface area contributed by atoms with Gasteiger partial charge >= 0.3 is 0 Å². The lowest BCUT2D eigenvalue weighted by Crippen LogP contribution is -2.42. The number of rotatable bonds is 7. The van der Waals surface area contributed by atoms with Gasteiger partial charge in [0.25, 0.3) is 0 Å². The lowest BCUT2D eigenvalue weighted by atomic mass is 10.1. The number of aliphatic imine (C=N–C) groups is 1. The average Bonchev–Trinajstić information content (AvgIpc) is 3.34. The third kappa shape index (κ3) is 5.07. The van der Waals surface area contributed by atoms with Crippen LogP contribution in [0.4, 0.5) is 0 Å². The van der Waals surface area contributed by atoms with Gasteiger partial charge in [0.1, 0.15) is 17.3 Å². The molecule has 0 radical (unpaired) electrons. The lowest BCUT2D eigenvalue weighted by molar-refractivity contribution is 0.245. The van der Waals surface area contributed by atoms with Crippen molar-refractivity contribution in [3.8, 4) is 5.75 Å². The van der Waals surface area contributed by atoms with Crippen LogP contribution in [-0.4, -0.2) is 44.7 Å². The average molecular weight is 385 g/mol. The van der Waals surface area contributed by atoms with Crippen LogP contribution in [0.25, 0.3) is 0 Å². The highest BCUT2D eigenvalue weighted by Gasteiger charge is 2.24. The largest absolute Gasteiger partial charge is 0.497 e. The third-order valence-electron chi connectivity index (χ3n) is 5.34. The van der Waals surface area contributed by atoms with Crippen LogP contribution in [0.5, 0.6) is 5.75 Å². The van der Waals surface area contributed by atoms with Gasteiger partial charge in [-0.2, -0.15) is 0 Å². The van der Waals surface area contributed by atoms with Crippen molar-refractivity contribution in [3.05, 3.63) is 53.0 Å². The smallest absolute Gasteiger partial charge is 0.191 e. The summed E-state index contributed by atoms with van der Waals surface area (Å²) >= 11 is 0. The van der Waals surface area contributed by atoms with Crippen LogP contribution >= 0.6 is 0 Å². The van der Waals surface area contributed by atoms with E-state index in [1.54, 1.807) is 14.2 Å². The van der Waals surface area contributed by atoms with Crippen molar-refractivity contribution in [2.45, 2.75) is 39.3 Å². The Morgan fingerprint density at radius 3 is 2.64 bits per heavy atom. The Morgan fingerprint density at radius 2 is 2.00 bits per heavy atom. The zero-order chi connectivity index (χ0) is 19.9. The zero-order valence-electron chi connectivity index (χ0n) is 17.4. The molecule has 2 aromatic rings. The van der Waals surface area contributed by atoms with Gasteiger partial charge in [0.05, 0.1) is 13.2 Å². The fourth-order valence-corrected chi connectivity index (χ4v) is 3.81. The van der Waals surface area contributed by atoms with E-state index in [-0.39, 0.29) is 6.04 Å². The molecule has 0 bridgehead atoms. The SMILES string of the molecule is CN=C(NCc1cc(C)oc1C)NCC(c1cccc(OC)c1)N1CCCC1. The molecule has 1 unspecified atom stereocenters. The topological polar surface area (TPSA) is 62.0 Å². The van der Waals surface area contributed by atoms with E-state index in [1.165, 1.54) is 18.4 Å². The van der Waals surface area contributed by atoms with E-state index >= 15 is 0 Å². The van der Waals surface area contributed by atoms with E-state index in [4.69, 9.17) is 9.15 Å². The summed E-state index contributed by atoms with van der Waals surface area (Å²) in [4.78, 5) is 6.93. The molecule has 0 saturated carbocycles. The summed E-state index contributed by atoms with van der Waals surface area (Å²) in [5, 5.41) is 6.90. The second kappa shape index (κ2) is 9.64. The van der Waals surface area contributed by atoms with Gasteiger partial charge in [-0.3, -0.25) is 9.89 Å². The number of hydrogen-bond acceptors (Lipinski definition) is 4. The summed E-state index contributed by atoms with van der Waals surface area (Å²) in [6, 6.07) is 10.7. The number of likely N-dealkylation sites (tertiary alicyclic amines) is 1. The molecule has 0 amide bonds. The van der Waals surface area contributed by atoms with Gasteiger partial charge in [-0.15, -0.1) is 0 Å². The summed E-state index contributed by atoms with van der Waals surface area (Å²) in [7, 11) is 3.52. The number of benzene rings is 1. The lowest BCUT2D eigenvalue weighted by Gasteiger charge is -2.29. The summed E-state index contributed by atoms with van der Waals surface area (Å²) in [5.74, 6) is 3.58. The first-order chi connectivity index (χ1) is 13.6. The van der Waals surface area contributed by atoms with Gasteiger partial charge in [0.15, 0.2) is 5.96 Å². The summed E-state index contributed by atoms with van der Waals surface area (Å²) in [6.07, 6.45) is 2.51. The predicted octanol–water partition coefficient (Wildman–Crippen LogP) is 3.41. The van der Waals surface area contributed by atoms with Crippen molar-refractivity contribution in [1.29, 1.82) is 0 Å². The van der Waals surface area contributed by atoms with Gasteiger partial charge in [-0.1, -0.05) is 12.1 Å². The number of methoxy groups -OCH3 is 1. The summed E-state index contributed by atoms with van der Waals surface area (Å²) < 4.78 is 11.0. The molecule has 2 heterocycles. The molecule has 0 spiro atoms. The van der Waals surface area contributed by atoms with Gasteiger partial charge in [-0.05, 0) is 63.5 Å². The van der Waals surface area contributed by atoms with E-state index in [9.17, 15) is 0 Å². The molecule has 0 aliphatic carbocycles. The van der Waals surface area contributed by atoms with Gasteiger partial charge in [-0.25, -0.2) is 0 Å². The summed E-state index contributed by atoms with van der Waals surface area (Å²) in [6.45, 7) is 7.70. The molecule has 6 nitrogen and oxygen atoms in total. The molecule has 28 heavy (non-hydrogen) atoms. The minimum Gasteiger partial charge on any atom is -0.497 e. The van der Waals surface area contributed by atoms with Crippen molar-refractivity contribution in [3.63, 3.8) is 0 Å². The van der Waals surface area contributed by atoms with Gasteiger partial charge in [0.2, 0.25) is 0 Å². The number of guanidine groups is 1. The van der Waals surface area contributed by atoms with Crippen molar-refractivity contribution in [2.24, 2.45) is 4.99 Å². The van der Waals surface area contributed by atoms with Crippen LogP contribution in [0, 0.1) is 13.8 Å². The second-order valence-corrected chi connectivity index (χ2v) is 7.28. The second-order valence-electron chi connectivity index (χ2n) is 7.28. The van der Waals surface area contributed by atoms with Crippen molar-refractivity contribution in [1.82, 2.24) is 15.5 Å². The standard InChI is InChI=1S/C22H32N4O2/c1-16-12-19(17(2)28-16)14-24-22(23-3)25-15-21(26-10-5-6-11-26)18-8-7-9-20(13-18)27-4/h7-9,12-13,21H,5-6,10-11,14-15H2,1-4H3,(H2,23,24,25). The molecule has 3 rings (SSSR count). The van der Waals surface area contributed by atoms with E-state index in [1.807, 2.05) is 19.9 Å². The highest BCUT2D eigenvalue weighted by Crippen LogP contribution is 2.27. The third-order valence-corrected chi connectivity index (χ3v) is 5.34. The maximum Gasteiger partial charge on any atom is 0.191 e. The minimum atomic E-state index is 0.286. The highest BCUT2D eigenvalue weighted by atomic mass is 16.5. The Balaban J connectivity index is 1.65. The van der Waals surface area contributed by atoms with E-state index in [0.29, 0.717) is 6.54 Å². The molecule has 152 valence electrons. The monoisotopic (exact) mass is 384 g/mol. The Morgan fingerprint density at radius 1 is 1.21 bits per heavy atom. The Bertz CT molecular complexity index is 794. The number of aryl methyl sites for hydroxylation is 2. The molecule has 1 aliphatic rings. The van der Waals surface area contributed by atoms with Gasteiger partial charge in [0, 0.05) is 25.7 Å². The Kier molecular flexibility index (Phi) is 6.98. The quantitative estimate of drug-likeness (QED) is 0.566. The normalized spacial score (nSPS) is 16.2. The number of ether oxygens (including phenoxy) is 1. The van der Waals surface area contributed by atoms with Crippen LogP contribution < -0.4 is 15.4 Å². The molecule has 2 N–H and O–H groups in total. The number of furan rings is 1. The van der Waals surface area contributed by atoms with Crippen LogP contribution in [0.1, 0.15) is 41.5 Å². The van der Waals surface area contributed by atoms with E-state index < -0.39 is 0 Å². The molecule has 1 aromatic carbocycles. The van der Waals surface area contributed by atoms with Crippen LogP contribution in [0.2, 0.25) is 0 Å². The Labute approximate surface area is 168 Å². The van der Waals surface area contributed by atoms with Crippen LogP contribution in [-0.2, 0) is 6.54 Å². The maximum absolute atomic E-state index is 5.61. The molecular formula is C22H32N4O2. The zero-order valence-corrected chi connectivity index (χ0v) is 17.4. The van der Waals surface area contributed by atoms with Crippen molar-refractivity contribution < 1.29 is 9.15 Å². The first-order valence-electron chi connectivity index (χ1n) is 9.99. The molecular weight excluding hydrogens is 352 g/mol. The number of nitrogens with one attached hydrogen (secondary N) is 2. The van der Waals surface area contributed by atoms with E-state index in [0.717, 1.165) is 48.4 Å². The maximum atomic E-state index is 5.61. The van der Waals surface area contributed by atoms with Gasteiger partial charge < -0.3 is 19.8 Å². The highest BCUT2D eigenvalue weighted by molar-refractivity contribution is 5.79. The van der Waals surface area contributed by atoms with Crippen molar-refractivity contribution in [2.75, 3.05) is 33.8 Å². The molecule has 6 heteroatoms. The fraction of sp³-hybridized carbons (Fsp3) is 0.500. The first-order valence-corrected chi connectivity index (χ1v) is 9.99. The first kappa shape index (κ1) is 20.3. The van der Waals surface area contributed by atoms with E-state index in [2.05, 4.69) is 44.8 Å². The van der Waals surface area contributed by atoms with Crippen molar-refractivity contribution >= 4 is 5.96 Å². The molecule has 1 aromatic heterocycles.